The third kappa shape index (κ3) is 2.89. The summed E-state index contributed by atoms with van der Waals surface area (Å²) in [4.78, 5) is 28.7. The highest BCUT2D eigenvalue weighted by molar-refractivity contribution is 6.00. The number of carboxylic acid groups (broad SMARTS) is 1. The van der Waals surface area contributed by atoms with Crippen LogP contribution in [0, 0.1) is 6.92 Å². The number of rotatable bonds is 4. The third-order valence-electron chi connectivity index (χ3n) is 4.74. The second kappa shape index (κ2) is 6.43. The van der Waals surface area contributed by atoms with E-state index in [-0.39, 0.29) is 5.91 Å². The Balaban J connectivity index is 1.92. The number of hydrogen-bond donors (Lipinski definition) is 2. The number of carbonyl (C=O) groups excluding carboxylic acids is 1. The minimum absolute atomic E-state index is 0.338. The molecule has 1 heterocycles. The number of hydrogen-bond acceptors (Lipinski definition) is 3. The molecule has 0 saturated heterocycles. The van der Waals surface area contributed by atoms with E-state index in [1.54, 1.807) is 18.3 Å². The van der Waals surface area contributed by atoms with Gasteiger partial charge in [-0.05, 0) is 43.5 Å². The number of aliphatic carboxylic acids is 1. The van der Waals surface area contributed by atoms with Gasteiger partial charge in [-0.15, -0.1) is 0 Å². The van der Waals surface area contributed by atoms with E-state index in [4.69, 9.17) is 0 Å². The molecular formula is C19H20N2O3. The molecule has 3 rings (SSSR count). The molecule has 1 aromatic heterocycles. The summed E-state index contributed by atoms with van der Waals surface area (Å²) >= 11 is 0. The van der Waals surface area contributed by atoms with Crippen molar-refractivity contribution in [3.8, 4) is 11.3 Å². The summed E-state index contributed by atoms with van der Waals surface area (Å²) in [7, 11) is 0. The summed E-state index contributed by atoms with van der Waals surface area (Å²) < 4.78 is 0. The van der Waals surface area contributed by atoms with Crippen molar-refractivity contribution in [1.82, 2.24) is 10.3 Å². The van der Waals surface area contributed by atoms with Gasteiger partial charge >= 0.3 is 5.97 Å². The molecule has 0 spiro atoms. The van der Waals surface area contributed by atoms with Crippen molar-refractivity contribution in [3.63, 3.8) is 0 Å². The zero-order valence-corrected chi connectivity index (χ0v) is 13.6. The SMILES string of the molecule is Cc1c(C(=O)NC2(C(=O)O)CCCC2)cccc1-c1ccccn1. The molecule has 1 aromatic carbocycles. The van der Waals surface area contributed by atoms with Gasteiger partial charge in [-0.25, -0.2) is 4.79 Å². The molecule has 0 atom stereocenters. The van der Waals surface area contributed by atoms with Gasteiger partial charge in [0.1, 0.15) is 5.54 Å². The van der Waals surface area contributed by atoms with Crippen molar-refractivity contribution in [2.75, 3.05) is 0 Å². The number of pyridine rings is 1. The minimum atomic E-state index is -1.13. The highest BCUT2D eigenvalue weighted by Gasteiger charge is 2.42. The molecule has 1 fully saturated rings. The molecule has 124 valence electrons. The van der Waals surface area contributed by atoms with Gasteiger partial charge in [-0.1, -0.05) is 31.0 Å². The molecule has 5 heteroatoms. The lowest BCUT2D eigenvalue weighted by Gasteiger charge is -2.26. The Bertz CT molecular complexity index is 765. The van der Waals surface area contributed by atoms with Crippen molar-refractivity contribution in [2.45, 2.75) is 38.1 Å². The fraction of sp³-hybridized carbons (Fsp3) is 0.316. The molecule has 0 radical (unpaired) electrons. The van der Waals surface area contributed by atoms with Crippen molar-refractivity contribution in [1.29, 1.82) is 0 Å². The Kier molecular flexibility index (Phi) is 4.34. The van der Waals surface area contributed by atoms with Crippen LogP contribution in [0.2, 0.25) is 0 Å². The standard InChI is InChI=1S/C19H20N2O3/c1-13-14(16-9-2-5-12-20-16)7-6-8-15(13)17(22)21-19(18(23)24)10-3-4-11-19/h2,5-9,12H,3-4,10-11H2,1H3,(H,21,22)(H,23,24). The number of carboxylic acids is 1. The summed E-state index contributed by atoms with van der Waals surface area (Å²) in [6, 6.07) is 11.1. The van der Waals surface area contributed by atoms with E-state index in [1.807, 2.05) is 31.2 Å². The van der Waals surface area contributed by atoms with Crippen LogP contribution in [0.3, 0.4) is 0 Å². The van der Waals surface area contributed by atoms with Crippen molar-refractivity contribution >= 4 is 11.9 Å². The third-order valence-corrected chi connectivity index (χ3v) is 4.74. The maximum Gasteiger partial charge on any atom is 0.329 e. The van der Waals surface area contributed by atoms with Gasteiger partial charge in [0, 0.05) is 17.3 Å². The first kappa shape index (κ1) is 16.2. The number of amides is 1. The second-order valence-electron chi connectivity index (χ2n) is 6.24. The van der Waals surface area contributed by atoms with E-state index >= 15 is 0 Å². The molecule has 1 aliphatic carbocycles. The summed E-state index contributed by atoms with van der Waals surface area (Å²) in [6.45, 7) is 1.86. The molecule has 2 aromatic rings. The van der Waals surface area contributed by atoms with E-state index < -0.39 is 11.5 Å². The van der Waals surface area contributed by atoms with Gasteiger partial charge in [0.15, 0.2) is 0 Å². The molecule has 24 heavy (non-hydrogen) atoms. The van der Waals surface area contributed by atoms with E-state index in [0.717, 1.165) is 29.7 Å². The van der Waals surface area contributed by atoms with E-state index in [1.165, 1.54) is 0 Å². The molecule has 1 aliphatic rings. The van der Waals surface area contributed by atoms with Gasteiger partial charge in [0.05, 0.1) is 5.69 Å². The molecule has 1 saturated carbocycles. The molecule has 0 unspecified atom stereocenters. The highest BCUT2D eigenvalue weighted by atomic mass is 16.4. The van der Waals surface area contributed by atoms with Crippen molar-refractivity contribution in [3.05, 3.63) is 53.7 Å². The first-order chi connectivity index (χ1) is 11.5. The van der Waals surface area contributed by atoms with Crippen molar-refractivity contribution < 1.29 is 14.7 Å². The summed E-state index contributed by atoms with van der Waals surface area (Å²) in [5.74, 6) is -1.29. The van der Waals surface area contributed by atoms with Crippen LogP contribution in [0.5, 0.6) is 0 Å². The van der Waals surface area contributed by atoms with E-state index in [2.05, 4.69) is 10.3 Å². The minimum Gasteiger partial charge on any atom is -0.480 e. The largest absolute Gasteiger partial charge is 0.480 e. The molecular weight excluding hydrogens is 304 g/mol. The topological polar surface area (TPSA) is 79.3 Å². The Labute approximate surface area is 140 Å². The Hall–Kier alpha value is -2.69. The number of nitrogens with zero attached hydrogens (tertiary/aromatic N) is 1. The zero-order chi connectivity index (χ0) is 17.2. The smallest absolute Gasteiger partial charge is 0.329 e. The monoisotopic (exact) mass is 324 g/mol. The number of aromatic nitrogens is 1. The fourth-order valence-corrected chi connectivity index (χ4v) is 3.34. The predicted molar refractivity (Wildman–Crippen MR) is 90.7 cm³/mol. The van der Waals surface area contributed by atoms with Gasteiger partial charge in [0.25, 0.3) is 5.91 Å². The quantitative estimate of drug-likeness (QED) is 0.905. The average molecular weight is 324 g/mol. The van der Waals surface area contributed by atoms with Gasteiger partial charge in [-0.3, -0.25) is 9.78 Å². The van der Waals surface area contributed by atoms with Crippen LogP contribution in [0.15, 0.2) is 42.6 Å². The van der Waals surface area contributed by atoms with Crippen LogP contribution in [-0.2, 0) is 4.79 Å². The first-order valence-electron chi connectivity index (χ1n) is 8.10. The molecule has 5 nitrogen and oxygen atoms in total. The van der Waals surface area contributed by atoms with Crippen LogP contribution in [-0.4, -0.2) is 27.5 Å². The number of carbonyl (C=O) groups is 2. The maximum atomic E-state index is 12.7. The van der Waals surface area contributed by atoms with Gasteiger partial charge in [0.2, 0.25) is 0 Å². The van der Waals surface area contributed by atoms with E-state index in [9.17, 15) is 14.7 Å². The lowest BCUT2D eigenvalue weighted by molar-refractivity contribution is -0.144. The number of nitrogens with one attached hydrogen (secondary N) is 1. The number of benzene rings is 1. The van der Waals surface area contributed by atoms with Gasteiger partial charge < -0.3 is 10.4 Å². The normalized spacial score (nSPS) is 15.9. The summed E-state index contributed by atoms with van der Waals surface area (Å²) in [5, 5.41) is 12.3. The zero-order valence-electron chi connectivity index (χ0n) is 13.6. The predicted octanol–water partition coefficient (Wildman–Crippen LogP) is 3.18. The Morgan fingerprint density at radius 3 is 2.50 bits per heavy atom. The highest BCUT2D eigenvalue weighted by Crippen LogP contribution is 2.31. The van der Waals surface area contributed by atoms with Crippen LogP contribution < -0.4 is 5.32 Å². The molecule has 2 N–H and O–H groups in total. The van der Waals surface area contributed by atoms with Gasteiger partial charge in [-0.2, -0.15) is 0 Å². The van der Waals surface area contributed by atoms with Crippen LogP contribution in [0.4, 0.5) is 0 Å². The first-order valence-corrected chi connectivity index (χ1v) is 8.10. The molecule has 0 aliphatic heterocycles. The Morgan fingerprint density at radius 1 is 1.12 bits per heavy atom. The lowest BCUT2D eigenvalue weighted by Crippen LogP contribution is -2.52. The average Bonchev–Trinajstić information content (AvgIpc) is 3.05. The lowest BCUT2D eigenvalue weighted by atomic mass is 9.95. The van der Waals surface area contributed by atoms with Crippen LogP contribution in [0.1, 0.15) is 41.6 Å². The van der Waals surface area contributed by atoms with Crippen LogP contribution in [0.25, 0.3) is 11.3 Å². The molecule has 1 amide bonds. The van der Waals surface area contributed by atoms with E-state index in [0.29, 0.717) is 18.4 Å². The Morgan fingerprint density at radius 2 is 1.88 bits per heavy atom. The van der Waals surface area contributed by atoms with Crippen molar-refractivity contribution in [2.24, 2.45) is 0 Å². The maximum absolute atomic E-state index is 12.7. The van der Waals surface area contributed by atoms with Crippen LogP contribution >= 0.6 is 0 Å². The molecule has 0 bridgehead atoms. The second-order valence-corrected chi connectivity index (χ2v) is 6.24. The summed E-state index contributed by atoms with van der Waals surface area (Å²) in [6.07, 6.45) is 4.30. The fourth-order valence-electron chi connectivity index (χ4n) is 3.34. The summed E-state index contributed by atoms with van der Waals surface area (Å²) in [5.41, 5.74) is 1.82.